The summed E-state index contributed by atoms with van der Waals surface area (Å²) in [6.45, 7) is 4.96. The molecule has 0 saturated heterocycles. The van der Waals surface area contributed by atoms with Crippen molar-refractivity contribution in [1.82, 2.24) is 0 Å². The molecule has 0 saturated carbocycles. The SMILES string of the molecule is CC(C)(CCN)CCC(=O)c1ccoc1. The van der Waals surface area contributed by atoms with E-state index in [1.807, 2.05) is 0 Å². The van der Waals surface area contributed by atoms with Gasteiger partial charge in [0.1, 0.15) is 6.26 Å². The second-order valence-corrected chi connectivity index (χ2v) is 4.64. The van der Waals surface area contributed by atoms with Crippen molar-refractivity contribution in [2.24, 2.45) is 11.1 Å². The molecule has 0 amide bonds. The molecule has 3 heteroatoms. The van der Waals surface area contributed by atoms with Crippen LogP contribution in [-0.4, -0.2) is 12.3 Å². The van der Waals surface area contributed by atoms with E-state index in [-0.39, 0.29) is 11.2 Å². The number of Topliss-reactive ketones (excluding diaryl/α,β-unsaturated/α-hetero) is 1. The van der Waals surface area contributed by atoms with Gasteiger partial charge in [0.2, 0.25) is 0 Å². The maximum Gasteiger partial charge on any atom is 0.166 e. The van der Waals surface area contributed by atoms with Gasteiger partial charge >= 0.3 is 0 Å². The Labute approximate surface area is 90.6 Å². The summed E-state index contributed by atoms with van der Waals surface area (Å²) in [5, 5.41) is 0. The maximum absolute atomic E-state index is 11.7. The molecule has 0 bridgehead atoms. The van der Waals surface area contributed by atoms with Crippen molar-refractivity contribution in [1.29, 1.82) is 0 Å². The largest absolute Gasteiger partial charge is 0.472 e. The molecule has 0 aliphatic carbocycles. The van der Waals surface area contributed by atoms with Crippen molar-refractivity contribution in [3.63, 3.8) is 0 Å². The predicted octanol–water partition coefficient (Wildman–Crippen LogP) is 2.62. The summed E-state index contributed by atoms with van der Waals surface area (Å²) < 4.78 is 4.87. The van der Waals surface area contributed by atoms with E-state index in [9.17, 15) is 4.79 Å². The molecule has 2 N–H and O–H groups in total. The fraction of sp³-hybridized carbons (Fsp3) is 0.583. The molecule has 1 heterocycles. The second-order valence-electron chi connectivity index (χ2n) is 4.64. The Kier molecular flexibility index (Phi) is 4.09. The quantitative estimate of drug-likeness (QED) is 0.733. The molecule has 15 heavy (non-hydrogen) atoms. The maximum atomic E-state index is 11.7. The minimum atomic E-state index is 0.147. The second kappa shape index (κ2) is 5.12. The van der Waals surface area contributed by atoms with Crippen LogP contribution < -0.4 is 5.73 Å². The zero-order chi connectivity index (χ0) is 11.3. The third-order valence-corrected chi connectivity index (χ3v) is 2.69. The van der Waals surface area contributed by atoms with Gasteiger partial charge in [0.25, 0.3) is 0 Å². The van der Waals surface area contributed by atoms with Crippen LogP contribution in [0.2, 0.25) is 0 Å². The number of nitrogens with two attached hydrogens (primary N) is 1. The first-order valence-corrected chi connectivity index (χ1v) is 5.31. The normalized spacial score (nSPS) is 11.7. The summed E-state index contributed by atoms with van der Waals surface area (Å²) in [5.74, 6) is 0.147. The van der Waals surface area contributed by atoms with Gasteiger partial charge in [-0.25, -0.2) is 0 Å². The number of hydrogen-bond acceptors (Lipinski definition) is 3. The zero-order valence-electron chi connectivity index (χ0n) is 9.45. The standard InChI is InChI=1S/C12H19NO2/c1-12(2,6-7-13)5-3-11(14)10-4-8-15-9-10/h4,8-9H,3,5-7,13H2,1-2H3. The van der Waals surface area contributed by atoms with E-state index in [1.165, 1.54) is 12.5 Å². The van der Waals surface area contributed by atoms with Crippen LogP contribution in [0, 0.1) is 5.41 Å². The molecule has 0 aliphatic rings. The average Bonchev–Trinajstić information content (AvgIpc) is 2.67. The van der Waals surface area contributed by atoms with E-state index in [0.29, 0.717) is 18.5 Å². The number of furan rings is 1. The smallest absolute Gasteiger partial charge is 0.166 e. The van der Waals surface area contributed by atoms with Crippen LogP contribution in [0.3, 0.4) is 0 Å². The minimum absolute atomic E-state index is 0.147. The number of hydrogen-bond donors (Lipinski definition) is 1. The first-order valence-electron chi connectivity index (χ1n) is 5.31. The van der Waals surface area contributed by atoms with Gasteiger partial charge in [0.05, 0.1) is 11.8 Å². The van der Waals surface area contributed by atoms with Crippen molar-refractivity contribution in [2.45, 2.75) is 33.1 Å². The highest BCUT2D eigenvalue weighted by Crippen LogP contribution is 2.26. The van der Waals surface area contributed by atoms with Crippen LogP contribution in [-0.2, 0) is 0 Å². The van der Waals surface area contributed by atoms with E-state index in [2.05, 4.69) is 13.8 Å². The van der Waals surface area contributed by atoms with Crippen LogP contribution in [0.5, 0.6) is 0 Å². The van der Waals surface area contributed by atoms with Crippen LogP contribution in [0.25, 0.3) is 0 Å². The van der Waals surface area contributed by atoms with Crippen LogP contribution in [0.4, 0.5) is 0 Å². The lowest BCUT2D eigenvalue weighted by Gasteiger charge is -2.22. The topological polar surface area (TPSA) is 56.2 Å². The first kappa shape index (κ1) is 12.0. The molecule has 0 aromatic carbocycles. The summed E-state index contributed by atoms with van der Waals surface area (Å²) in [5.41, 5.74) is 6.33. The Morgan fingerprint density at radius 1 is 1.47 bits per heavy atom. The van der Waals surface area contributed by atoms with Gasteiger partial charge < -0.3 is 10.2 Å². The molecular weight excluding hydrogens is 190 g/mol. The lowest BCUT2D eigenvalue weighted by Crippen LogP contribution is -2.18. The number of carbonyl (C=O) groups excluding carboxylic acids is 1. The van der Waals surface area contributed by atoms with Crippen LogP contribution >= 0.6 is 0 Å². The Bertz CT molecular complexity index is 301. The fourth-order valence-electron chi connectivity index (χ4n) is 1.54. The molecular formula is C12H19NO2. The molecule has 1 rings (SSSR count). The Hall–Kier alpha value is -1.09. The van der Waals surface area contributed by atoms with Crippen molar-refractivity contribution < 1.29 is 9.21 Å². The van der Waals surface area contributed by atoms with Gasteiger partial charge in [0.15, 0.2) is 5.78 Å². The monoisotopic (exact) mass is 209 g/mol. The van der Waals surface area contributed by atoms with Crippen molar-refractivity contribution in [2.75, 3.05) is 6.54 Å². The number of rotatable bonds is 6. The molecule has 84 valence electrons. The molecule has 0 aliphatic heterocycles. The van der Waals surface area contributed by atoms with E-state index >= 15 is 0 Å². The summed E-state index contributed by atoms with van der Waals surface area (Å²) in [6, 6.07) is 1.71. The van der Waals surface area contributed by atoms with Gasteiger partial charge in [-0.3, -0.25) is 4.79 Å². The van der Waals surface area contributed by atoms with Crippen molar-refractivity contribution in [3.05, 3.63) is 24.2 Å². The van der Waals surface area contributed by atoms with Gasteiger partial charge in [-0.15, -0.1) is 0 Å². The van der Waals surface area contributed by atoms with E-state index < -0.39 is 0 Å². The van der Waals surface area contributed by atoms with Gasteiger partial charge in [-0.05, 0) is 30.9 Å². The Balaban J connectivity index is 2.40. The van der Waals surface area contributed by atoms with Crippen LogP contribution in [0.15, 0.2) is 23.0 Å². The lowest BCUT2D eigenvalue weighted by atomic mass is 9.83. The highest BCUT2D eigenvalue weighted by atomic mass is 16.3. The Morgan fingerprint density at radius 2 is 2.20 bits per heavy atom. The predicted molar refractivity (Wildman–Crippen MR) is 59.7 cm³/mol. The third-order valence-electron chi connectivity index (χ3n) is 2.69. The number of carbonyl (C=O) groups is 1. The zero-order valence-corrected chi connectivity index (χ0v) is 9.45. The molecule has 3 nitrogen and oxygen atoms in total. The Morgan fingerprint density at radius 3 is 2.73 bits per heavy atom. The molecule has 0 atom stereocenters. The first-order chi connectivity index (χ1) is 7.05. The summed E-state index contributed by atoms with van der Waals surface area (Å²) >= 11 is 0. The molecule has 0 unspecified atom stereocenters. The van der Waals surface area contributed by atoms with Crippen molar-refractivity contribution in [3.8, 4) is 0 Å². The molecule has 1 aromatic rings. The minimum Gasteiger partial charge on any atom is -0.472 e. The van der Waals surface area contributed by atoms with Gasteiger partial charge in [0, 0.05) is 6.42 Å². The summed E-state index contributed by atoms with van der Waals surface area (Å²) in [7, 11) is 0. The van der Waals surface area contributed by atoms with Crippen LogP contribution in [0.1, 0.15) is 43.5 Å². The molecule has 0 spiro atoms. The highest BCUT2D eigenvalue weighted by molar-refractivity contribution is 5.95. The highest BCUT2D eigenvalue weighted by Gasteiger charge is 2.19. The van der Waals surface area contributed by atoms with E-state index in [0.717, 1.165) is 12.8 Å². The van der Waals surface area contributed by atoms with Gasteiger partial charge in [-0.2, -0.15) is 0 Å². The number of ketones is 1. The molecule has 0 radical (unpaired) electrons. The summed E-state index contributed by atoms with van der Waals surface area (Å²) in [6.07, 6.45) is 5.41. The molecule has 1 aromatic heterocycles. The van der Waals surface area contributed by atoms with E-state index in [1.54, 1.807) is 6.07 Å². The summed E-state index contributed by atoms with van der Waals surface area (Å²) in [4.78, 5) is 11.7. The average molecular weight is 209 g/mol. The van der Waals surface area contributed by atoms with Gasteiger partial charge in [-0.1, -0.05) is 13.8 Å². The molecule has 0 fully saturated rings. The van der Waals surface area contributed by atoms with E-state index in [4.69, 9.17) is 10.2 Å². The van der Waals surface area contributed by atoms with Crippen molar-refractivity contribution >= 4 is 5.78 Å². The fourth-order valence-corrected chi connectivity index (χ4v) is 1.54. The lowest BCUT2D eigenvalue weighted by molar-refractivity contribution is 0.0961. The third kappa shape index (κ3) is 3.88.